The topological polar surface area (TPSA) is 118 Å². The summed E-state index contributed by atoms with van der Waals surface area (Å²) in [6.45, 7) is 0.366. The van der Waals surface area contributed by atoms with Crippen LogP contribution in [0.15, 0.2) is 54.6 Å². The number of carbonyl (C=O) groups excluding carboxylic acids is 2. The molecule has 2 amide bonds. The molecule has 0 spiro atoms. The van der Waals surface area contributed by atoms with E-state index in [2.05, 4.69) is 17.2 Å². The van der Waals surface area contributed by atoms with Crippen LogP contribution in [0.2, 0.25) is 0 Å². The van der Waals surface area contributed by atoms with Crippen molar-refractivity contribution in [3.63, 3.8) is 0 Å². The van der Waals surface area contributed by atoms with Gasteiger partial charge in [0.05, 0.1) is 32.4 Å². The highest BCUT2D eigenvalue weighted by molar-refractivity contribution is 5.90. The maximum absolute atomic E-state index is 15.1. The molecular weight excluding hydrogens is 691 g/mol. The predicted molar refractivity (Wildman–Crippen MR) is 188 cm³/mol. The molecule has 53 heavy (non-hydrogen) atoms. The summed E-state index contributed by atoms with van der Waals surface area (Å²) in [6, 6.07) is 13.1. The molecule has 3 atom stereocenters. The molecule has 10 nitrogen and oxygen atoms in total. The number of nitrogens with one attached hydrogen (secondary N) is 1. The maximum atomic E-state index is 15.1. The average Bonchev–Trinajstić information content (AvgIpc) is 4.00. The van der Waals surface area contributed by atoms with Gasteiger partial charge in [0, 0.05) is 44.5 Å². The molecule has 1 saturated carbocycles. The minimum atomic E-state index is -1.37. The Morgan fingerprint density at radius 2 is 1.64 bits per heavy atom. The van der Waals surface area contributed by atoms with Gasteiger partial charge in [-0.2, -0.15) is 4.39 Å². The Balaban J connectivity index is 1.28. The van der Waals surface area contributed by atoms with Gasteiger partial charge in [0.2, 0.25) is 17.6 Å². The number of aliphatic carboxylic acids is 1. The number of carboxylic acid groups (broad SMARTS) is 1. The molecule has 0 aromatic heterocycles. The first-order chi connectivity index (χ1) is 25.5. The third-order valence-electron chi connectivity index (χ3n) is 9.93. The fraction of sp³-hybridized carbons (Fsp3) is 0.425. The van der Waals surface area contributed by atoms with Crippen LogP contribution in [-0.2, 0) is 32.9 Å². The van der Waals surface area contributed by atoms with Crippen molar-refractivity contribution in [2.45, 2.75) is 81.6 Å². The summed E-state index contributed by atoms with van der Waals surface area (Å²) in [7, 11) is 3.12. The zero-order valence-electron chi connectivity index (χ0n) is 29.6. The molecule has 1 saturated heterocycles. The van der Waals surface area contributed by atoms with Crippen molar-refractivity contribution in [2.24, 2.45) is 0 Å². The number of methoxy groups -OCH3 is 2. The number of carboxylic acids is 1. The Morgan fingerprint density at radius 3 is 2.30 bits per heavy atom. The Bertz CT molecular complexity index is 1890. The number of hydrogen-bond acceptors (Lipinski definition) is 7. The average molecular weight is 734 g/mol. The molecule has 0 radical (unpaired) electrons. The number of benzene rings is 3. The smallest absolute Gasteiger partial charge is 0.303 e. The van der Waals surface area contributed by atoms with Crippen LogP contribution in [0.3, 0.4) is 0 Å². The van der Waals surface area contributed by atoms with Crippen LogP contribution in [-0.4, -0.2) is 78.2 Å². The normalized spacial score (nSPS) is 20.2. The zero-order chi connectivity index (χ0) is 37.7. The maximum Gasteiger partial charge on any atom is 0.303 e. The minimum absolute atomic E-state index is 0.0345. The van der Waals surface area contributed by atoms with Crippen molar-refractivity contribution in [3.8, 4) is 29.1 Å². The summed E-state index contributed by atoms with van der Waals surface area (Å²) in [6.07, 6.45) is 2.66. The number of piperazine rings is 1. The van der Waals surface area contributed by atoms with E-state index < -0.39 is 46.8 Å². The molecular formula is C40H42F3N3O7. The molecule has 3 aromatic rings. The van der Waals surface area contributed by atoms with Crippen LogP contribution in [0, 0.1) is 29.3 Å². The van der Waals surface area contributed by atoms with Crippen LogP contribution in [0.25, 0.3) is 0 Å². The number of nitrogens with zero attached hydrogens (tertiary/aromatic N) is 2. The lowest BCUT2D eigenvalue weighted by Crippen LogP contribution is -2.73. The summed E-state index contributed by atoms with van der Waals surface area (Å²) in [5, 5.41) is 12.9. The quantitative estimate of drug-likeness (QED) is 0.115. The molecule has 2 fully saturated rings. The Morgan fingerprint density at radius 1 is 0.943 bits per heavy atom. The second-order valence-electron chi connectivity index (χ2n) is 13.6. The lowest BCUT2D eigenvalue weighted by atomic mass is 9.73. The van der Waals surface area contributed by atoms with Crippen molar-refractivity contribution in [2.75, 3.05) is 27.4 Å². The summed E-state index contributed by atoms with van der Waals surface area (Å²) in [4.78, 5) is 43.8. The molecule has 6 rings (SSSR count). The van der Waals surface area contributed by atoms with E-state index in [0.717, 1.165) is 35.6 Å². The molecule has 280 valence electrons. The van der Waals surface area contributed by atoms with Gasteiger partial charge in [0.1, 0.15) is 17.5 Å². The third-order valence-corrected chi connectivity index (χ3v) is 9.93. The van der Waals surface area contributed by atoms with Crippen LogP contribution >= 0.6 is 0 Å². The van der Waals surface area contributed by atoms with E-state index in [4.69, 9.17) is 14.2 Å². The molecule has 1 unspecified atom stereocenters. The summed E-state index contributed by atoms with van der Waals surface area (Å²) in [5.41, 5.74) is 1.36. The van der Waals surface area contributed by atoms with E-state index in [1.807, 2.05) is 41.3 Å². The van der Waals surface area contributed by atoms with E-state index in [0.29, 0.717) is 30.4 Å². The van der Waals surface area contributed by atoms with Gasteiger partial charge < -0.3 is 29.1 Å². The molecule has 3 aliphatic rings. The van der Waals surface area contributed by atoms with Crippen LogP contribution in [0.1, 0.15) is 61.6 Å². The summed E-state index contributed by atoms with van der Waals surface area (Å²) in [5.74, 6) is 1.72. The van der Waals surface area contributed by atoms with Gasteiger partial charge in [0.15, 0.2) is 17.4 Å². The highest BCUT2D eigenvalue weighted by atomic mass is 19.2. The first-order valence-corrected chi connectivity index (χ1v) is 17.7. The van der Waals surface area contributed by atoms with Crippen LogP contribution in [0.4, 0.5) is 13.2 Å². The van der Waals surface area contributed by atoms with Gasteiger partial charge >= 0.3 is 5.97 Å². The number of hydrogen-bond donors (Lipinski definition) is 2. The van der Waals surface area contributed by atoms with Crippen molar-refractivity contribution < 1.29 is 46.9 Å². The molecule has 2 bridgehead atoms. The van der Waals surface area contributed by atoms with E-state index in [-0.39, 0.29) is 63.2 Å². The molecule has 3 aromatic carbocycles. The lowest BCUT2D eigenvalue weighted by molar-refractivity contribution is -0.155. The van der Waals surface area contributed by atoms with E-state index in [9.17, 15) is 27.9 Å². The van der Waals surface area contributed by atoms with Gasteiger partial charge in [0.25, 0.3) is 0 Å². The van der Waals surface area contributed by atoms with Crippen LogP contribution in [0.5, 0.6) is 17.2 Å². The highest BCUT2D eigenvalue weighted by Gasteiger charge is 2.56. The molecule has 2 heterocycles. The number of ether oxygens (including phenoxy) is 3. The summed E-state index contributed by atoms with van der Waals surface area (Å²) >= 11 is 0. The first-order valence-electron chi connectivity index (χ1n) is 17.7. The zero-order valence-corrected chi connectivity index (χ0v) is 29.6. The van der Waals surface area contributed by atoms with Gasteiger partial charge in [-0.25, -0.2) is 8.78 Å². The number of rotatable bonds is 16. The second kappa shape index (κ2) is 16.2. The fourth-order valence-electron chi connectivity index (χ4n) is 7.16. The first kappa shape index (κ1) is 37.5. The number of aryl methyl sites for hydroxylation is 1. The highest BCUT2D eigenvalue weighted by Crippen LogP contribution is 2.41. The number of fused-ring (bicyclic) bond motifs is 2. The van der Waals surface area contributed by atoms with Crippen LogP contribution < -0.4 is 19.5 Å². The standard InChI is InChI=1S/C40H42F3N3O7/c1-51-30-20-26(21-31(22-30)52-2)23-45(29-14-15-29)39(50)38-40(18-4-7-28(44-40)24-46(38)34(47)8-3-9-35(48)49)27-12-10-25(11-13-27)6-5-19-53-37-33(42)17-16-32(41)36(37)43/h10-13,16-17,20-22,28-29,38,44H,3,5-6,8-9,14-15,18-19,23-24H2,1-2H3,(H,48,49)/t28-,38?,40+/m0/s1. The Labute approximate surface area is 306 Å². The number of carbonyl (C=O) groups is 3. The van der Waals surface area contributed by atoms with Crippen molar-refractivity contribution in [3.05, 3.63) is 88.7 Å². The molecule has 1 aliphatic carbocycles. The number of halogens is 3. The van der Waals surface area contributed by atoms with Crippen molar-refractivity contribution >= 4 is 17.8 Å². The van der Waals surface area contributed by atoms with Crippen molar-refractivity contribution in [1.29, 1.82) is 0 Å². The number of amides is 2. The van der Waals surface area contributed by atoms with E-state index in [1.54, 1.807) is 25.2 Å². The molecule has 13 heteroatoms. The molecule has 2 aliphatic heterocycles. The van der Waals surface area contributed by atoms with Crippen molar-refractivity contribution in [1.82, 2.24) is 15.1 Å². The third kappa shape index (κ3) is 8.38. The van der Waals surface area contributed by atoms with E-state index >= 15 is 4.79 Å². The fourth-order valence-corrected chi connectivity index (χ4v) is 7.16. The van der Waals surface area contributed by atoms with Gasteiger partial charge in [-0.05, 0) is 73.1 Å². The van der Waals surface area contributed by atoms with Gasteiger partial charge in [-0.15, -0.1) is 0 Å². The predicted octanol–water partition coefficient (Wildman–Crippen LogP) is 5.35. The Hall–Kier alpha value is -5.22. The second-order valence-corrected chi connectivity index (χ2v) is 13.6. The monoisotopic (exact) mass is 733 g/mol. The SMILES string of the molecule is COc1cc(CN(C(=O)C2N(C(=O)CCCC(=O)O)C[C@@H]3C#CC[C@]2(c2ccc(CCCOc4c(F)ccc(F)c4F)cc2)N3)C2CC2)cc(OC)c1. The summed E-state index contributed by atoms with van der Waals surface area (Å²) < 4.78 is 57.8. The van der Waals surface area contributed by atoms with Gasteiger partial charge in [-0.3, -0.25) is 19.7 Å². The minimum Gasteiger partial charge on any atom is -0.497 e. The largest absolute Gasteiger partial charge is 0.497 e. The van der Waals surface area contributed by atoms with Gasteiger partial charge in [-0.1, -0.05) is 36.1 Å². The Kier molecular flexibility index (Phi) is 11.5. The lowest BCUT2D eigenvalue weighted by Gasteiger charge is -2.53. The molecule has 2 N–H and O–H groups in total. The van der Waals surface area contributed by atoms with E-state index in [1.165, 1.54) is 0 Å².